The summed E-state index contributed by atoms with van der Waals surface area (Å²) in [5.74, 6) is -3.63. The van der Waals surface area contributed by atoms with Crippen LogP contribution in [-0.2, 0) is 0 Å². The van der Waals surface area contributed by atoms with Crippen molar-refractivity contribution in [1.82, 2.24) is 0 Å². The average Bonchev–Trinajstić information content (AvgIpc) is 2.70. The lowest BCUT2D eigenvalue weighted by Gasteiger charge is -2.23. The first-order valence-electron chi connectivity index (χ1n) is 10.3. The Morgan fingerprint density at radius 2 is 0.917 bits per heavy atom. The van der Waals surface area contributed by atoms with Gasteiger partial charge in [0.2, 0.25) is 0 Å². The van der Waals surface area contributed by atoms with Gasteiger partial charge < -0.3 is 9.47 Å². The second-order valence-corrected chi connectivity index (χ2v) is 8.37. The Labute approximate surface area is 199 Å². The Hall–Kier alpha value is -2.99. The number of halogens is 10. The van der Waals surface area contributed by atoms with Gasteiger partial charge in [-0.15, -0.1) is 0 Å². The molecule has 0 radical (unpaired) electrons. The molecule has 0 aliphatic heterocycles. The molecular formula is C23H20F10O3. The number of benzene rings is 2. The van der Waals surface area contributed by atoms with Crippen molar-refractivity contribution < 1.29 is 58.2 Å². The van der Waals surface area contributed by atoms with Crippen molar-refractivity contribution in [2.24, 2.45) is 0 Å². The van der Waals surface area contributed by atoms with Crippen LogP contribution in [0.15, 0.2) is 36.4 Å². The van der Waals surface area contributed by atoms with Crippen LogP contribution in [0.2, 0.25) is 0 Å². The normalized spacial score (nSPS) is 13.3. The molecule has 0 bridgehead atoms. The first-order chi connectivity index (χ1) is 16.2. The van der Waals surface area contributed by atoms with E-state index in [0.29, 0.717) is 0 Å². The fraction of sp³-hybridized carbons (Fsp3) is 0.435. The van der Waals surface area contributed by atoms with Crippen molar-refractivity contribution >= 4 is 5.78 Å². The summed E-state index contributed by atoms with van der Waals surface area (Å²) in [5.41, 5.74) is -0.170. The molecule has 2 aromatic rings. The third-order valence-electron chi connectivity index (χ3n) is 4.93. The van der Waals surface area contributed by atoms with Crippen molar-refractivity contribution in [3.8, 4) is 11.5 Å². The van der Waals surface area contributed by atoms with Gasteiger partial charge in [-0.3, -0.25) is 4.79 Å². The molecule has 0 spiro atoms. The van der Waals surface area contributed by atoms with Crippen molar-refractivity contribution in [1.29, 1.82) is 0 Å². The standard InChI is InChI=1S/C23H20F10O3/c1-11(2)17-9-13(35-22(30,31)20(24,25)26)5-7-15(17)19(34)16-8-6-14(10-18(16)12(3)4)36-23(32,33)21(27,28)29/h5-12H,1-4H3. The summed E-state index contributed by atoms with van der Waals surface area (Å²) in [5, 5.41) is 0. The number of carbonyl (C=O) groups is 1. The van der Waals surface area contributed by atoms with Gasteiger partial charge >= 0.3 is 24.6 Å². The highest BCUT2D eigenvalue weighted by Crippen LogP contribution is 2.40. The largest absolute Gasteiger partial charge is 0.499 e. The zero-order valence-corrected chi connectivity index (χ0v) is 19.1. The van der Waals surface area contributed by atoms with Gasteiger partial charge in [0.25, 0.3) is 0 Å². The maximum Gasteiger partial charge on any atom is 0.499 e. The maximum absolute atomic E-state index is 13.3. The summed E-state index contributed by atoms with van der Waals surface area (Å²) >= 11 is 0. The Morgan fingerprint density at radius 3 is 1.17 bits per heavy atom. The number of alkyl halides is 10. The number of rotatable bonds is 8. The molecule has 0 fully saturated rings. The second-order valence-electron chi connectivity index (χ2n) is 8.37. The van der Waals surface area contributed by atoms with Gasteiger partial charge in [0.15, 0.2) is 5.78 Å². The minimum Gasteiger partial charge on any atom is -0.426 e. The van der Waals surface area contributed by atoms with Gasteiger partial charge in [-0.1, -0.05) is 27.7 Å². The van der Waals surface area contributed by atoms with Crippen molar-refractivity contribution in [3.63, 3.8) is 0 Å². The van der Waals surface area contributed by atoms with E-state index in [1.807, 2.05) is 0 Å². The molecule has 0 aliphatic rings. The van der Waals surface area contributed by atoms with Crippen LogP contribution in [0.1, 0.15) is 66.6 Å². The van der Waals surface area contributed by atoms with Crippen LogP contribution in [0.25, 0.3) is 0 Å². The number of ether oxygens (including phenoxy) is 2. The molecule has 0 aliphatic carbocycles. The topological polar surface area (TPSA) is 35.5 Å². The summed E-state index contributed by atoms with van der Waals surface area (Å²) in [6.45, 7) is 6.10. The van der Waals surface area contributed by atoms with E-state index >= 15 is 0 Å². The van der Waals surface area contributed by atoms with Gasteiger partial charge in [0.05, 0.1) is 0 Å². The fourth-order valence-electron chi connectivity index (χ4n) is 3.13. The summed E-state index contributed by atoms with van der Waals surface area (Å²) in [6, 6.07) is 5.07. The van der Waals surface area contributed by atoms with Crippen molar-refractivity contribution in [2.45, 2.75) is 64.1 Å². The zero-order valence-electron chi connectivity index (χ0n) is 19.1. The lowest BCUT2D eigenvalue weighted by Crippen LogP contribution is -2.41. The molecule has 0 amide bonds. The Morgan fingerprint density at radius 1 is 0.611 bits per heavy atom. The summed E-state index contributed by atoms with van der Waals surface area (Å²) in [4.78, 5) is 13.3. The van der Waals surface area contributed by atoms with E-state index in [9.17, 15) is 48.7 Å². The zero-order chi connectivity index (χ0) is 27.9. The summed E-state index contributed by atoms with van der Waals surface area (Å²) < 4.78 is 136. The molecule has 0 atom stereocenters. The van der Waals surface area contributed by atoms with Crippen LogP contribution < -0.4 is 9.47 Å². The SMILES string of the molecule is CC(C)c1cc(OC(F)(F)C(F)(F)F)ccc1C(=O)c1ccc(OC(F)(F)C(F)(F)F)cc1C(C)C. The summed E-state index contributed by atoms with van der Waals surface area (Å²) in [6.07, 6.45) is -23.0. The van der Waals surface area contributed by atoms with Gasteiger partial charge in [0.1, 0.15) is 11.5 Å². The lowest BCUT2D eigenvalue weighted by molar-refractivity contribution is -0.360. The van der Waals surface area contributed by atoms with Crippen LogP contribution in [-0.4, -0.2) is 30.4 Å². The number of ketones is 1. The number of carbonyl (C=O) groups excluding carboxylic acids is 1. The second kappa shape index (κ2) is 9.81. The van der Waals surface area contributed by atoms with E-state index < -0.39 is 53.7 Å². The first kappa shape index (κ1) is 29.2. The molecular weight excluding hydrogens is 514 g/mol. The van der Waals surface area contributed by atoms with Gasteiger partial charge in [-0.2, -0.15) is 43.9 Å². The molecule has 0 aromatic heterocycles. The smallest absolute Gasteiger partial charge is 0.426 e. The van der Waals surface area contributed by atoms with Crippen LogP contribution in [0, 0.1) is 0 Å². The Kier molecular flexibility index (Phi) is 7.97. The first-order valence-corrected chi connectivity index (χ1v) is 10.3. The quantitative estimate of drug-likeness (QED) is 0.253. The minimum atomic E-state index is -5.99. The van der Waals surface area contributed by atoms with Crippen molar-refractivity contribution in [3.05, 3.63) is 58.7 Å². The molecule has 0 saturated heterocycles. The van der Waals surface area contributed by atoms with E-state index in [-0.39, 0.29) is 22.3 Å². The van der Waals surface area contributed by atoms with Gasteiger partial charge in [-0.05, 0) is 59.4 Å². The molecule has 0 unspecified atom stereocenters. The maximum atomic E-state index is 13.3. The molecule has 2 aromatic carbocycles. The lowest BCUT2D eigenvalue weighted by atomic mass is 9.87. The molecule has 0 N–H and O–H groups in total. The molecule has 3 nitrogen and oxygen atoms in total. The third-order valence-corrected chi connectivity index (χ3v) is 4.93. The van der Waals surface area contributed by atoms with E-state index in [2.05, 4.69) is 9.47 Å². The highest BCUT2D eigenvalue weighted by molar-refractivity contribution is 6.11. The van der Waals surface area contributed by atoms with E-state index in [4.69, 9.17) is 0 Å². The monoisotopic (exact) mass is 534 g/mol. The molecule has 36 heavy (non-hydrogen) atoms. The molecule has 0 saturated carbocycles. The summed E-state index contributed by atoms with van der Waals surface area (Å²) in [7, 11) is 0. The number of hydrogen-bond donors (Lipinski definition) is 0. The highest BCUT2D eigenvalue weighted by atomic mass is 19.4. The Bertz CT molecular complexity index is 1020. The third kappa shape index (κ3) is 6.22. The molecule has 13 heteroatoms. The van der Waals surface area contributed by atoms with Crippen LogP contribution in [0.5, 0.6) is 11.5 Å². The highest BCUT2D eigenvalue weighted by Gasteiger charge is 2.62. The average molecular weight is 534 g/mol. The fourth-order valence-corrected chi connectivity index (χ4v) is 3.13. The van der Waals surface area contributed by atoms with Crippen molar-refractivity contribution in [2.75, 3.05) is 0 Å². The van der Waals surface area contributed by atoms with E-state index in [1.54, 1.807) is 0 Å². The molecule has 200 valence electrons. The van der Waals surface area contributed by atoms with Gasteiger partial charge in [-0.25, -0.2) is 0 Å². The molecule has 0 heterocycles. The Balaban J connectivity index is 2.51. The minimum absolute atomic E-state index is 0.0362. The van der Waals surface area contributed by atoms with Crippen LogP contribution in [0.4, 0.5) is 43.9 Å². The van der Waals surface area contributed by atoms with Gasteiger partial charge in [0, 0.05) is 11.1 Å². The van der Waals surface area contributed by atoms with Crippen LogP contribution in [0.3, 0.4) is 0 Å². The molecule has 2 rings (SSSR count). The number of hydrogen-bond acceptors (Lipinski definition) is 3. The van der Waals surface area contributed by atoms with E-state index in [0.717, 1.165) is 36.4 Å². The predicted octanol–water partition coefficient (Wildman–Crippen LogP) is 8.23. The predicted molar refractivity (Wildman–Crippen MR) is 108 cm³/mol. The van der Waals surface area contributed by atoms with Crippen LogP contribution >= 0.6 is 0 Å². The van der Waals surface area contributed by atoms with E-state index in [1.165, 1.54) is 27.7 Å².